The maximum Gasteiger partial charge on any atom is 0.226 e. The summed E-state index contributed by atoms with van der Waals surface area (Å²) in [7, 11) is 0. The monoisotopic (exact) mass is 316 g/mol. The maximum atomic E-state index is 12.6. The summed E-state index contributed by atoms with van der Waals surface area (Å²) in [6.07, 6.45) is 1.27. The molecule has 2 saturated heterocycles. The Labute approximate surface area is 132 Å². The number of ether oxygens (including phenoxy) is 4. The molecular weight excluding hydrogens is 288 g/mol. The van der Waals surface area contributed by atoms with Crippen molar-refractivity contribution in [2.24, 2.45) is 0 Å². The summed E-state index contributed by atoms with van der Waals surface area (Å²) in [6, 6.07) is 0. The van der Waals surface area contributed by atoms with Crippen molar-refractivity contribution in [3.63, 3.8) is 0 Å². The first-order valence-corrected chi connectivity index (χ1v) is 7.97. The second-order valence-electron chi connectivity index (χ2n) is 6.90. The number of carbonyl (C=O) groups excluding carboxylic acids is 1. The molecule has 2 fully saturated rings. The Morgan fingerprint density at radius 1 is 1.14 bits per heavy atom. The third-order valence-corrected chi connectivity index (χ3v) is 4.65. The SMILES string of the molecule is CC1CCOC(C)(C(=O)CC(C)(O)C2(C)OCCC(C)O2)O1. The van der Waals surface area contributed by atoms with Gasteiger partial charge >= 0.3 is 0 Å². The Bertz CT molecular complexity index is 423. The van der Waals surface area contributed by atoms with Crippen LogP contribution in [0.3, 0.4) is 0 Å². The van der Waals surface area contributed by atoms with E-state index in [0.717, 1.165) is 12.8 Å². The van der Waals surface area contributed by atoms with Gasteiger partial charge in [0.2, 0.25) is 5.79 Å². The van der Waals surface area contributed by atoms with Crippen LogP contribution in [0.5, 0.6) is 0 Å². The molecule has 0 bridgehead atoms. The fraction of sp³-hybridized carbons (Fsp3) is 0.938. The summed E-state index contributed by atoms with van der Waals surface area (Å²) in [5, 5.41) is 10.8. The van der Waals surface area contributed by atoms with Gasteiger partial charge in [-0.15, -0.1) is 0 Å². The van der Waals surface area contributed by atoms with Crippen LogP contribution in [-0.4, -0.2) is 53.5 Å². The lowest BCUT2D eigenvalue weighted by atomic mass is 9.87. The molecule has 0 spiro atoms. The smallest absolute Gasteiger partial charge is 0.226 e. The van der Waals surface area contributed by atoms with Gasteiger partial charge in [0, 0.05) is 6.42 Å². The zero-order chi connectivity index (χ0) is 16.6. The summed E-state index contributed by atoms with van der Waals surface area (Å²) >= 11 is 0. The molecule has 22 heavy (non-hydrogen) atoms. The number of rotatable bonds is 4. The van der Waals surface area contributed by atoms with Gasteiger partial charge in [0.25, 0.3) is 0 Å². The van der Waals surface area contributed by atoms with Crippen molar-refractivity contribution in [1.82, 2.24) is 0 Å². The van der Waals surface area contributed by atoms with Crippen LogP contribution in [0.15, 0.2) is 0 Å². The molecule has 128 valence electrons. The molecule has 0 amide bonds. The van der Waals surface area contributed by atoms with Crippen molar-refractivity contribution in [3.05, 3.63) is 0 Å². The van der Waals surface area contributed by atoms with Crippen LogP contribution in [0.2, 0.25) is 0 Å². The van der Waals surface area contributed by atoms with Crippen LogP contribution in [0.1, 0.15) is 53.9 Å². The van der Waals surface area contributed by atoms with E-state index in [1.165, 1.54) is 0 Å². The number of hydrogen-bond acceptors (Lipinski definition) is 6. The molecule has 2 aliphatic rings. The highest BCUT2D eigenvalue weighted by atomic mass is 16.7. The van der Waals surface area contributed by atoms with E-state index in [1.54, 1.807) is 20.8 Å². The lowest BCUT2D eigenvalue weighted by Gasteiger charge is -2.47. The molecule has 0 aromatic rings. The van der Waals surface area contributed by atoms with Crippen molar-refractivity contribution in [1.29, 1.82) is 0 Å². The molecule has 6 nitrogen and oxygen atoms in total. The largest absolute Gasteiger partial charge is 0.384 e. The van der Waals surface area contributed by atoms with Gasteiger partial charge in [-0.05, 0) is 47.5 Å². The predicted molar refractivity (Wildman–Crippen MR) is 79.3 cm³/mol. The molecule has 6 heteroatoms. The van der Waals surface area contributed by atoms with E-state index in [2.05, 4.69) is 0 Å². The van der Waals surface area contributed by atoms with Gasteiger partial charge in [-0.25, -0.2) is 0 Å². The van der Waals surface area contributed by atoms with Crippen molar-refractivity contribution in [2.75, 3.05) is 13.2 Å². The first kappa shape index (κ1) is 17.8. The molecule has 0 aromatic heterocycles. The molecule has 2 rings (SSSR count). The number of aliphatic hydroxyl groups is 1. The minimum atomic E-state index is -1.48. The van der Waals surface area contributed by atoms with E-state index in [9.17, 15) is 9.90 Å². The first-order chi connectivity index (χ1) is 10.1. The van der Waals surface area contributed by atoms with Crippen molar-refractivity contribution in [2.45, 2.75) is 83.3 Å². The molecule has 2 heterocycles. The van der Waals surface area contributed by atoms with E-state index < -0.39 is 17.2 Å². The van der Waals surface area contributed by atoms with Gasteiger partial charge in [-0.3, -0.25) is 4.79 Å². The van der Waals surface area contributed by atoms with Crippen LogP contribution >= 0.6 is 0 Å². The molecule has 0 radical (unpaired) electrons. The Kier molecular flexibility index (Phi) is 5.00. The minimum absolute atomic E-state index is 0.0295. The topological polar surface area (TPSA) is 74.2 Å². The summed E-state index contributed by atoms with van der Waals surface area (Å²) in [6.45, 7) is 9.62. The molecule has 2 aliphatic heterocycles. The molecule has 0 saturated carbocycles. The molecule has 5 atom stereocenters. The third kappa shape index (κ3) is 3.51. The fourth-order valence-corrected chi connectivity index (χ4v) is 2.86. The van der Waals surface area contributed by atoms with Crippen molar-refractivity contribution < 1.29 is 28.8 Å². The molecule has 0 aromatic carbocycles. The number of ketones is 1. The molecule has 1 N–H and O–H groups in total. The Morgan fingerprint density at radius 3 is 2.23 bits per heavy atom. The van der Waals surface area contributed by atoms with Crippen molar-refractivity contribution >= 4 is 5.78 Å². The molecule has 5 unspecified atom stereocenters. The van der Waals surface area contributed by atoms with E-state index in [0.29, 0.717) is 13.2 Å². The zero-order valence-corrected chi connectivity index (χ0v) is 14.2. The lowest BCUT2D eigenvalue weighted by molar-refractivity contribution is -0.347. The summed E-state index contributed by atoms with van der Waals surface area (Å²) in [5.74, 6) is -2.86. The van der Waals surface area contributed by atoms with Gasteiger partial charge in [0.15, 0.2) is 11.6 Å². The Hall–Kier alpha value is -0.530. The minimum Gasteiger partial charge on any atom is -0.384 e. The standard InChI is InChI=1S/C16H28O6/c1-11-6-8-19-15(4,21-11)13(17)10-14(3,18)16(5)20-9-7-12(2)22-16/h11-12,18H,6-10H2,1-5H3. The van der Waals surface area contributed by atoms with Gasteiger partial charge in [0.05, 0.1) is 25.4 Å². The van der Waals surface area contributed by atoms with Crippen LogP contribution in [0.4, 0.5) is 0 Å². The van der Waals surface area contributed by atoms with Crippen LogP contribution in [-0.2, 0) is 23.7 Å². The number of hydrogen-bond donors (Lipinski definition) is 1. The number of carbonyl (C=O) groups is 1. The second-order valence-corrected chi connectivity index (χ2v) is 6.90. The summed E-state index contributed by atoms with van der Waals surface area (Å²) in [5.41, 5.74) is -1.48. The fourth-order valence-electron chi connectivity index (χ4n) is 2.86. The van der Waals surface area contributed by atoms with E-state index in [1.807, 2.05) is 13.8 Å². The highest BCUT2D eigenvalue weighted by Gasteiger charge is 2.52. The quantitative estimate of drug-likeness (QED) is 0.852. The van der Waals surface area contributed by atoms with Crippen LogP contribution < -0.4 is 0 Å². The Morgan fingerprint density at radius 2 is 1.68 bits per heavy atom. The summed E-state index contributed by atoms with van der Waals surface area (Å²) in [4.78, 5) is 12.6. The van der Waals surface area contributed by atoms with Gasteiger partial charge in [0.1, 0.15) is 5.60 Å². The molecule has 0 aliphatic carbocycles. The van der Waals surface area contributed by atoms with Gasteiger partial charge in [-0.2, -0.15) is 0 Å². The van der Waals surface area contributed by atoms with E-state index >= 15 is 0 Å². The van der Waals surface area contributed by atoms with E-state index in [4.69, 9.17) is 18.9 Å². The second kappa shape index (κ2) is 6.17. The molecular formula is C16H28O6. The first-order valence-electron chi connectivity index (χ1n) is 7.97. The number of Topliss-reactive ketones (excluding diaryl/α,β-unsaturated/α-hetero) is 1. The highest BCUT2D eigenvalue weighted by molar-refractivity contribution is 5.86. The van der Waals surface area contributed by atoms with Gasteiger partial charge in [-0.1, -0.05) is 0 Å². The zero-order valence-electron chi connectivity index (χ0n) is 14.2. The normalized spacial score (nSPS) is 42.6. The average Bonchev–Trinajstić information content (AvgIpc) is 2.37. The highest BCUT2D eigenvalue weighted by Crippen LogP contribution is 2.37. The lowest BCUT2D eigenvalue weighted by Crippen LogP contribution is -2.60. The average molecular weight is 316 g/mol. The summed E-state index contributed by atoms with van der Waals surface area (Å²) < 4.78 is 22.6. The Balaban J connectivity index is 2.08. The van der Waals surface area contributed by atoms with Crippen molar-refractivity contribution in [3.8, 4) is 0 Å². The van der Waals surface area contributed by atoms with Crippen LogP contribution in [0, 0.1) is 0 Å². The van der Waals surface area contributed by atoms with Gasteiger partial charge < -0.3 is 24.1 Å². The predicted octanol–water partition coefficient (Wildman–Crippen LogP) is 1.78. The maximum absolute atomic E-state index is 12.6. The van der Waals surface area contributed by atoms with Crippen LogP contribution in [0.25, 0.3) is 0 Å². The van der Waals surface area contributed by atoms with E-state index in [-0.39, 0.29) is 24.4 Å². The third-order valence-electron chi connectivity index (χ3n) is 4.65.